The Balaban J connectivity index is 1.06. The Bertz CT molecular complexity index is 1520. The van der Waals surface area contributed by atoms with E-state index in [0.717, 1.165) is 45.1 Å². The summed E-state index contributed by atoms with van der Waals surface area (Å²) in [5.74, 6) is 0.694. The zero-order valence-corrected chi connectivity index (χ0v) is 25.2. The Morgan fingerprint density at radius 1 is 1.16 bits per heavy atom. The molecule has 4 heterocycles. The van der Waals surface area contributed by atoms with Crippen LogP contribution in [-0.4, -0.2) is 113 Å². The molecule has 3 aliphatic rings. The lowest BCUT2D eigenvalue weighted by Gasteiger charge is -2.43. The van der Waals surface area contributed by atoms with Crippen LogP contribution >= 0.6 is 0 Å². The van der Waals surface area contributed by atoms with Gasteiger partial charge in [-0.25, -0.2) is 14.4 Å². The summed E-state index contributed by atoms with van der Waals surface area (Å²) in [5.41, 5.74) is 2.81. The number of aromatic nitrogens is 3. The Morgan fingerprint density at radius 2 is 1.93 bits per heavy atom. The van der Waals surface area contributed by atoms with E-state index < -0.39 is 18.4 Å². The van der Waals surface area contributed by atoms with Crippen molar-refractivity contribution in [3.63, 3.8) is 0 Å². The maximum Gasteiger partial charge on any atom is 0.230 e. The van der Waals surface area contributed by atoms with Crippen molar-refractivity contribution in [1.29, 1.82) is 5.26 Å². The Kier molecular flexibility index (Phi) is 9.34. The van der Waals surface area contributed by atoms with Crippen molar-refractivity contribution in [3.8, 4) is 23.2 Å². The number of rotatable bonds is 9. The van der Waals surface area contributed by atoms with Gasteiger partial charge in [0.2, 0.25) is 11.9 Å². The molecule has 6 rings (SSSR count). The molecule has 3 saturated heterocycles. The van der Waals surface area contributed by atoms with Gasteiger partial charge in [0, 0.05) is 56.1 Å². The number of hydrogen-bond donors (Lipinski definition) is 2. The van der Waals surface area contributed by atoms with Crippen molar-refractivity contribution in [3.05, 3.63) is 54.4 Å². The van der Waals surface area contributed by atoms with Crippen LogP contribution in [0.3, 0.4) is 0 Å². The van der Waals surface area contributed by atoms with E-state index in [1.165, 1.54) is 23.8 Å². The van der Waals surface area contributed by atoms with Crippen LogP contribution in [0.1, 0.15) is 25.3 Å². The molecule has 1 aromatic heterocycles. The minimum Gasteiger partial charge on any atom is -0.486 e. The molecule has 3 aromatic rings. The number of anilines is 3. The molecule has 0 bridgehead atoms. The minimum atomic E-state index is -1.42. The number of benzene rings is 2. The SMILES string of the molecule is C[C@@H](O)CC(=O)N1CCC(Oc2ccc(-c3ncnc(Nc4ccc(N5CCN(C6COC6)CC5)cc4)n3)cc2C#N)[C@H](F)C1. The van der Waals surface area contributed by atoms with Gasteiger partial charge in [0.1, 0.15) is 24.3 Å². The number of halogens is 1. The zero-order chi connectivity index (χ0) is 31.3. The number of aliphatic hydroxyl groups excluding tert-OH is 1. The number of piperidine rings is 1. The van der Waals surface area contributed by atoms with E-state index in [2.05, 4.69) is 48.3 Å². The molecular weight excluding hydrogens is 579 g/mol. The lowest BCUT2D eigenvalue weighted by Crippen LogP contribution is -2.56. The Morgan fingerprint density at radius 3 is 2.60 bits per heavy atom. The van der Waals surface area contributed by atoms with E-state index in [4.69, 9.17) is 9.47 Å². The van der Waals surface area contributed by atoms with Gasteiger partial charge in [-0.2, -0.15) is 10.2 Å². The van der Waals surface area contributed by atoms with Crippen LogP contribution < -0.4 is 15.0 Å². The number of piperazine rings is 1. The summed E-state index contributed by atoms with van der Waals surface area (Å²) in [4.78, 5) is 31.6. The molecule has 0 saturated carbocycles. The molecule has 45 heavy (non-hydrogen) atoms. The van der Waals surface area contributed by atoms with Gasteiger partial charge in [-0.15, -0.1) is 0 Å². The van der Waals surface area contributed by atoms with Crippen LogP contribution in [0.2, 0.25) is 0 Å². The van der Waals surface area contributed by atoms with Gasteiger partial charge in [0.25, 0.3) is 0 Å². The average molecular weight is 617 g/mol. The van der Waals surface area contributed by atoms with Gasteiger partial charge in [0.15, 0.2) is 12.0 Å². The summed E-state index contributed by atoms with van der Waals surface area (Å²) in [5, 5.41) is 22.5. The average Bonchev–Trinajstić information content (AvgIpc) is 3.02. The number of alkyl halides is 1. The molecule has 2 N–H and O–H groups in total. The van der Waals surface area contributed by atoms with Gasteiger partial charge in [-0.1, -0.05) is 0 Å². The van der Waals surface area contributed by atoms with Crippen LogP contribution in [0.4, 0.5) is 21.7 Å². The molecule has 0 spiro atoms. The quantitative estimate of drug-likeness (QED) is 0.367. The second-order valence-corrected chi connectivity index (χ2v) is 11.7. The third-order valence-corrected chi connectivity index (χ3v) is 8.45. The number of likely N-dealkylation sites (tertiary alicyclic amines) is 1. The Labute approximate surface area is 261 Å². The highest BCUT2D eigenvalue weighted by atomic mass is 19.1. The smallest absolute Gasteiger partial charge is 0.230 e. The summed E-state index contributed by atoms with van der Waals surface area (Å²) < 4.78 is 26.2. The van der Waals surface area contributed by atoms with E-state index in [-0.39, 0.29) is 36.6 Å². The topological polar surface area (TPSA) is 140 Å². The van der Waals surface area contributed by atoms with E-state index in [1.54, 1.807) is 18.2 Å². The van der Waals surface area contributed by atoms with Crippen molar-refractivity contribution >= 4 is 23.2 Å². The van der Waals surface area contributed by atoms with E-state index in [1.807, 2.05) is 12.1 Å². The number of nitrogens with one attached hydrogen (secondary N) is 1. The molecule has 3 aliphatic heterocycles. The molecule has 2 aromatic carbocycles. The molecule has 13 heteroatoms. The molecule has 1 unspecified atom stereocenters. The van der Waals surface area contributed by atoms with Crippen LogP contribution in [-0.2, 0) is 9.53 Å². The third kappa shape index (κ3) is 7.30. The number of carbonyl (C=O) groups excluding carboxylic acids is 1. The van der Waals surface area contributed by atoms with Crippen molar-refractivity contribution in [1.82, 2.24) is 24.8 Å². The number of carbonyl (C=O) groups is 1. The summed E-state index contributed by atoms with van der Waals surface area (Å²) in [6, 6.07) is 15.8. The van der Waals surface area contributed by atoms with Crippen molar-refractivity contribution in [2.24, 2.45) is 0 Å². The lowest BCUT2D eigenvalue weighted by atomic mass is 10.0. The fourth-order valence-corrected chi connectivity index (χ4v) is 5.81. The van der Waals surface area contributed by atoms with E-state index >= 15 is 0 Å². The normalized spacial score (nSPS) is 21.5. The van der Waals surface area contributed by atoms with Crippen LogP contribution in [0.15, 0.2) is 48.8 Å². The maximum atomic E-state index is 15.0. The predicted molar refractivity (Wildman–Crippen MR) is 165 cm³/mol. The highest BCUT2D eigenvalue weighted by Gasteiger charge is 2.34. The highest BCUT2D eigenvalue weighted by molar-refractivity contribution is 5.76. The molecule has 0 radical (unpaired) electrons. The number of nitrogens with zero attached hydrogens (tertiary/aromatic N) is 7. The number of amides is 1. The fourth-order valence-electron chi connectivity index (χ4n) is 5.81. The number of hydrogen-bond acceptors (Lipinski definition) is 11. The number of ether oxygens (including phenoxy) is 2. The highest BCUT2D eigenvalue weighted by Crippen LogP contribution is 2.29. The van der Waals surface area contributed by atoms with E-state index in [0.29, 0.717) is 29.9 Å². The second kappa shape index (κ2) is 13.7. The fraction of sp³-hybridized carbons (Fsp3) is 0.469. The summed E-state index contributed by atoms with van der Waals surface area (Å²) in [7, 11) is 0. The van der Waals surface area contributed by atoms with Gasteiger partial charge in [-0.3, -0.25) is 9.69 Å². The predicted octanol–water partition coefficient (Wildman–Crippen LogP) is 2.76. The van der Waals surface area contributed by atoms with E-state index in [9.17, 15) is 19.6 Å². The monoisotopic (exact) mass is 616 g/mol. The third-order valence-electron chi connectivity index (χ3n) is 8.45. The van der Waals surface area contributed by atoms with Gasteiger partial charge >= 0.3 is 0 Å². The first-order valence-electron chi connectivity index (χ1n) is 15.3. The van der Waals surface area contributed by atoms with Gasteiger partial charge < -0.3 is 29.7 Å². The van der Waals surface area contributed by atoms with Crippen LogP contribution in [0.25, 0.3) is 11.4 Å². The van der Waals surface area contributed by atoms with Crippen molar-refractivity contribution in [2.75, 3.05) is 62.7 Å². The van der Waals surface area contributed by atoms with Gasteiger partial charge in [0.05, 0.1) is 43.9 Å². The first-order chi connectivity index (χ1) is 21.9. The van der Waals surface area contributed by atoms with Crippen LogP contribution in [0, 0.1) is 11.3 Å². The first kappa shape index (κ1) is 30.6. The molecule has 1 amide bonds. The first-order valence-corrected chi connectivity index (χ1v) is 15.3. The maximum absolute atomic E-state index is 15.0. The number of nitriles is 1. The molecule has 0 aliphatic carbocycles. The number of aliphatic hydroxyl groups is 1. The summed E-state index contributed by atoms with van der Waals surface area (Å²) >= 11 is 0. The van der Waals surface area contributed by atoms with Gasteiger partial charge in [-0.05, 0) is 49.4 Å². The standard InChI is InChI=1S/C32H37FN8O4/c1-21(42)14-30(43)41-9-8-29(27(33)17-41)45-28-7-2-22(15-23(28)16-34)31-35-20-36-32(38-31)37-24-3-5-25(6-4-24)39-10-12-40(13-11-39)26-18-44-19-26/h2-7,15,20-21,26-27,29,42H,8-14,17-19H2,1H3,(H,35,36,37,38)/t21-,27-,29?/m1/s1. The second-order valence-electron chi connectivity index (χ2n) is 11.7. The van der Waals surface area contributed by atoms with Crippen molar-refractivity contribution < 1.29 is 23.8 Å². The lowest BCUT2D eigenvalue weighted by molar-refractivity contribution is -0.136. The summed E-state index contributed by atoms with van der Waals surface area (Å²) in [6.07, 6.45) is -1.38. The van der Waals surface area contributed by atoms with Crippen molar-refractivity contribution in [2.45, 2.75) is 44.2 Å². The molecular formula is C32H37FN8O4. The summed E-state index contributed by atoms with van der Waals surface area (Å²) in [6.45, 7) is 7.43. The molecule has 3 atom stereocenters. The largest absolute Gasteiger partial charge is 0.486 e. The minimum absolute atomic E-state index is 0.0476. The zero-order valence-electron chi connectivity index (χ0n) is 25.2. The van der Waals surface area contributed by atoms with Crippen LogP contribution in [0.5, 0.6) is 5.75 Å². The Hall–Kier alpha value is -4.38. The molecule has 236 valence electrons. The molecule has 12 nitrogen and oxygen atoms in total. The molecule has 3 fully saturated rings.